The first-order chi connectivity index (χ1) is 8.70. The van der Waals surface area contributed by atoms with Crippen LogP contribution in [0.1, 0.15) is 63.8 Å². The van der Waals surface area contributed by atoms with Gasteiger partial charge in [-0.25, -0.2) is 0 Å². The average Bonchev–Trinajstić information content (AvgIpc) is 3.04. The van der Waals surface area contributed by atoms with E-state index in [0.29, 0.717) is 6.04 Å². The number of nitrogens with one attached hydrogen (secondary N) is 1. The lowest BCUT2D eigenvalue weighted by molar-refractivity contribution is 0.353. The maximum atomic E-state index is 3.93. The summed E-state index contributed by atoms with van der Waals surface area (Å²) in [4.78, 5) is 1.51. The van der Waals surface area contributed by atoms with Crippen LogP contribution in [0.25, 0.3) is 0 Å². The molecule has 1 nitrogen and oxygen atoms in total. The van der Waals surface area contributed by atoms with E-state index < -0.39 is 0 Å². The molecule has 1 heterocycles. The highest BCUT2D eigenvalue weighted by Crippen LogP contribution is 2.37. The Hall–Kier alpha value is -0.340. The van der Waals surface area contributed by atoms with Crippen LogP contribution < -0.4 is 5.32 Å². The van der Waals surface area contributed by atoms with Gasteiger partial charge in [-0.1, -0.05) is 26.8 Å². The summed E-state index contributed by atoms with van der Waals surface area (Å²) in [6, 6.07) is 5.77. The van der Waals surface area contributed by atoms with E-state index in [4.69, 9.17) is 0 Å². The molecule has 2 unspecified atom stereocenters. The molecule has 0 radical (unpaired) electrons. The lowest BCUT2D eigenvalue weighted by atomic mass is 9.99. The van der Waals surface area contributed by atoms with Gasteiger partial charge in [0.25, 0.3) is 0 Å². The fraction of sp³-hybridized carbons (Fsp3) is 0.750. The van der Waals surface area contributed by atoms with Gasteiger partial charge in [-0.15, -0.1) is 11.3 Å². The molecule has 0 saturated heterocycles. The Kier molecular flexibility index (Phi) is 5.25. The Morgan fingerprint density at radius 1 is 1.33 bits per heavy atom. The van der Waals surface area contributed by atoms with Gasteiger partial charge in [0.2, 0.25) is 0 Å². The number of rotatable bonds is 8. The summed E-state index contributed by atoms with van der Waals surface area (Å²) in [6.07, 6.45) is 6.79. The van der Waals surface area contributed by atoms with Gasteiger partial charge in [0.05, 0.1) is 0 Å². The Morgan fingerprint density at radius 3 is 2.61 bits per heavy atom. The molecular weight excluding hydrogens is 238 g/mol. The van der Waals surface area contributed by atoms with Gasteiger partial charge in [0.1, 0.15) is 0 Å². The first-order valence-corrected chi connectivity index (χ1v) is 8.38. The molecule has 1 fully saturated rings. The zero-order valence-corrected chi connectivity index (χ0v) is 12.8. The Morgan fingerprint density at radius 2 is 2.11 bits per heavy atom. The molecule has 0 bridgehead atoms. The van der Waals surface area contributed by atoms with E-state index >= 15 is 0 Å². The summed E-state index contributed by atoms with van der Waals surface area (Å²) in [6.45, 7) is 6.96. The van der Waals surface area contributed by atoms with E-state index in [9.17, 15) is 0 Å². The molecule has 18 heavy (non-hydrogen) atoms. The molecule has 1 aliphatic rings. The lowest BCUT2D eigenvalue weighted by Crippen LogP contribution is -2.34. The van der Waals surface area contributed by atoms with Gasteiger partial charge in [-0.3, -0.25) is 0 Å². The quantitative estimate of drug-likeness (QED) is 0.697. The van der Waals surface area contributed by atoms with E-state index in [2.05, 4.69) is 43.6 Å². The molecule has 2 rings (SSSR count). The largest absolute Gasteiger partial charge is 0.306 e. The third kappa shape index (κ3) is 4.10. The number of hydrogen-bond donors (Lipinski definition) is 1. The molecule has 2 heteroatoms. The SMILES string of the molecule is CCC(NC(CCC(C)C)C1CC1)c1cccs1. The number of thiophene rings is 1. The lowest BCUT2D eigenvalue weighted by Gasteiger charge is -2.25. The predicted molar refractivity (Wildman–Crippen MR) is 81.1 cm³/mol. The molecule has 1 aliphatic carbocycles. The topological polar surface area (TPSA) is 12.0 Å². The maximum Gasteiger partial charge on any atom is 0.0414 e. The van der Waals surface area contributed by atoms with Crippen LogP contribution in [0.4, 0.5) is 0 Å². The fourth-order valence-corrected chi connectivity index (χ4v) is 3.49. The molecule has 102 valence electrons. The molecule has 0 aliphatic heterocycles. The second kappa shape index (κ2) is 6.72. The summed E-state index contributed by atoms with van der Waals surface area (Å²) in [5.41, 5.74) is 0. The maximum absolute atomic E-state index is 3.93. The van der Waals surface area contributed by atoms with Crippen molar-refractivity contribution in [2.75, 3.05) is 0 Å². The molecule has 0 spiro atoms. The molecule has 1 N–H and O–H groups in total. The summed E-state index contributed by atoms with van der Waals surface area (Å²) >= 11 is 1.89. The van der Waals surface area contributed by atoms with Crippen LogP contribution in [0.2, 0.25) is 0 Å². The van der Waals surface area contributed by atoms with Gasteiger partial charge in [-0.2, -0.15) is 0 Å². The van der Waals surface area contributed by atoms with Crippen LogP contribution >= 0.6 is 11.3 Å². The van der Waals surface area contributed by atoms with Crippen molar-refractivity contribution in [3.05, 3.63) is 22.4 Å². The second-order valence-electron chi connectivity index (χ2n) is 6.06. The van der Waals surface area contributed by atoms with Crippen LogP contribution in [-0.4, -0.2) is 6.04 Å². The second-order valence-corrected chi connectivity index (χ2v) is 7.04. The summed E-state index contributed by atoms with van der Waals surface area (Å²) in [7, 11) is 0. The Bertz CT molecular complexity index is 327. The van der Waals surface area contributed by atoms with Crippen molar-refractivity contribution < 1.29 is 0 Å². The normalized spacial score (nSPS) is 19.1. The molecule has 0 amide bonds. The van der Waals surface area contributed by atoms with E-state index in [1.54, 1.807) is 0 Å². The molecule has 1 aromatic heterocycles. The van der Waals surface area contributed by atoms with Gasteiger partial charge < -0.3 is 5.32 Å². The van der Waals surface area contributed by atoms with Crippen LogP contribution in [0.3, 0.4) is 0 Å². The highest BCUT2D eigenvalue weighted by Gasteiger charge is 2.32. The predicted octanol–water partition coefficient (Wildman–Crippen LogP) is 5.00. The van der Waals surface area contributed by atoms with Crippen molar-refractivity contribution in [2.24, 2.45) is 11.8 Å². The van der Waals surface area contributed by atoms with E-state index in [-0.39, 0.29) is 0 Å². The van der Waals surface area contributed by atoms with Crippen molar-refractivity contribution in [1.29, 1.82) is 0 Å². The van der Waals surface area contributed by atoms with Crippen molar-refractivity contribution >= 4 is 11.3 Å². The smallest absolute Gasteiger partial charge is 0.0414 e. The van der Waals surface area contributed by atoms with Crippen LogP contribution in [0, 0.1) is 11.8 Å². The Balaban J connectivity index is 1.90. The van der Waals surface area contributed by atoms with E-state index in [1.807, 2.05) is 11.3 Å². The monoisotopic (exact) mass is 265 g/mol. The minimum absolute atomic E-state index is 0.572. The first kappa shape index (κ1) is 14.1. The molecule has 1 saturated carbocycles. The van der Waals surface area contributed by atoms with Gasteiger partial charge in [0, 0.05) is 17.0 Å². The first-order valence-electron chi connectivity index (χ1n) is 7.50. The van der Waals surface area contributed by atoms with Crippen LogP contribution in [0.5, 0.6) is 0 Å². The zero-order chi connectivity index (χ0) is 13.0. The summed E-state index contributed by atoms with van der Waals surface area (Å²) in [5, 5.41) is 6.13. The van der Waals surface area contributed by atoms with E-state index in [1.165, 1.54) is 37.0 Å². The minimum atomic E-state index is 0.572. The van der Waals surface area contributed by atoms with Gasteiger partial charge >= 0.3 is 0 Å². The van der Waals surface area contributed by atoms with Crippen LogP contribution in [0.15, 0.2) is 17.5 Å². The highest BCUT2D eigenvalue weighted by atomic mass is 32.1. The Labute approximate surface area is 116 Å². The fourth-order valence-electron chi connectivity index (χ4n) is 2.62. The summed E-state index contributed by atoms with van der Waals surface area (Å²) < 4.78 is 0. The highest BCUT2D eigenvalue weighted by molar-refractivity contribution is 7.10. The van der Waals surface area contributed by atoms with Crippen molar-refractivity contribution in [3.63, 3.8) is 0 Å². The number of hydrogen-bond acceptors (Lipinski definition) is 2. The van der Waals surface area contributed by atoms with Crippen molar-refractivity contribution in [2.45, 2.75) is 65.0 Å². The molecule has 1 aromatic rings. The molecule has 0 aromatic carbocycles. The average molecular weight is 265 g/mol. The van der Waals surface area contributed by atoms with Crippen molar-refractivity contribution in [1.82, 2.24) is 5.32 Å². The molecule has 2 atom stereocenters. The van der Waals surface area contributed by atoms with Gasteiger partial charge in [0.15, 0.2) is 0 Å². The third-order valence-corrected chi connectivity index (χ3v) is 4.94. The third-order valence-electron chi connectivity index (χ3n) is 3.96. The van der Waals surface area contributed by atoms with Crippen molar-refractivity contribution in [3.8, 4) is 0 Å². The molecular formula is C16H27NS. The summed E-state index contributed by atoms with van der Waals surface area (Å²) in [5.74, 6) is 1.78. The minimum Gasteiger partial charge on any atom is -0.306 e. The van der Waals surface area contributed by atoms with Crippen LogP contribution in [-0.2, 0) is 0 Å². The standard InChI is InChI=1S/C16H27NS/c1-4-14(16-6-5-11-18-16)17-15(13-8-9-13)10-7-12(2)3/h5-6,11-15,17H,4,7-10H2,1-3H3. The van der Waals surface area contributed by atoms with E-state index in [0.717, 1.165) is 17.9 Å². The zero-order valence-electron chi connectivity index (χ0n) is 12.0. The van der Waals surface area contributed by atoms with Gasteiger partial charge in [-0.05, 0) is 55.4 Å².